The van der Waals surface area contributed by atoms with Crippen molar-refractivity contribution < 1.29 is 9.53 Å². The van der Waals surface area contributed by atoms with Gasteiger partial charge in [-0.25, -0.2) is 0 Å². The van der Waals surface area contributed by atoms with Gasteiger partial charge >= 0.3 is 0 Å². The maximum absolute atomic E-state index is 12.1. The van der Waals surface area contributed by atoms with Gasteiger partial charge in [0.2, 0.25) is 5.91 Å². The number of halogens is 2. The van der Waals surface area contributed by atoms with Crippen molar-refractivity contribution in [2.75, 3.05) is 39.4 Å². The first-order valence-corrected chi connectivity index (χ1v) is 7.43. The number of ether oxygens (including phenoxy) is 1. The van der Waals surface area contributed by atoms with E-state index in [9.17, 15) is 4.79 Å². The molecule has 2 heterocycles. The van der Waals surface area contributed by atoms with Crippen molar-refractivity contribution in [3.63, 3.8) is 0 Å². The Labute approximate surface area is 140 Å². The minimum Gasteiger partial charge on any atom is -0.379 e. The molecule has 5 nitrogen and oxygen atoms in total. The summed E-state index contributed by atoms with van der Waals surface area (Å²) in [6.07, 6.45) is 3.30. The molecule has 0 aliphatic carbocycles. The molecular formula is C14H29Cl2N3O2. The van der Waals surface area contributed by atoms with Crippen LogP contribution in [0.25, 0.3) is 0 Å². The van der Waals surface area contributed by atoms with Crippen LogP contribution >= 0.6 is 24.8 Å². The first-order valence-electron chi connectivity index (χ1n) is 7.43. The second-order valence-electron chi connectivity index (χ2n) is 6.13. The van der Waals surface area contributed by atoms with E-state index in [1.54, 1.807) is 0 Å². The molecule has 7 heteroatoms. The number of piperidine rings is 1. The zero-order valence-corrected chi connectivity index (χ0v) is 14.7. The third kappa shape index (κ3) is 6.28. The van der Waals surface area contributed by atoms with Crippen LogP contribution in [0.4, 0.5) is 0 Å². The van der Waals surface area contributed by atoms with Gasteiger partial charge in [0.1, 0.15) is 0 Å². The molecule has 0 aromatic heterocycles. The molecule has 2 fully saturated rings. The molecule has 21 heavy (non-hydrogen) atoms. The Morgan fingerprint density at radius 1 is 1.29 bits per heavy atom. The van der Waals surface area contributed by atoms with Crippen LogP contribution in [-0.2, 0) is 9.53 Å². The van der Waals surface area contributed by atoms with Crippen LogP contribution in [0.5, 0.6) is 0 Å². The topological polar surface area (TPSA) is 53.6 Å². The lowest BCUT2D eigenvalue weighted by atomic mass is 10.0. The van der Waals surface area contributed by atoms with E-state index < -0.39 is 0 Å². The van der Waals surface area contributed by atoms with Crippen LogP contribution in [0.2, 0.25) is 0 Å². The van der Waals surface area contributed by atoms with Crippen molar-refractivity contribution in [2.45, 2.75) is 44.7 Å². The van der Waals surface area contributed by atoms with E-state index in [4.69, 9.17) is 4.74 Å². The molecule has 126 valence electrons. The molecule has 1 atom stereocenters. The monoisotopic (exact) mass is 341 g/mol. The number of nitrogens with one attached hydrogen (secondary N) is 2. The van der Waals surface area contributed by atoms with Crippen molar-refractivity contribution in [2.24, 2.45) is 0 Å². The number of morpholine rings is 1. The summed E-state index contributed by atoms with van der Waals surface area (Å²) in [5.74, 6) is 0.154. The summed E-state index contributed by atoms with van der Waals surface area (Å²) in [5.41, 5.74) is -0.00585. The van der Waals surface area contributed by atoms with Crippen molar-refractivity contribution >= 4 is 30.7 Å². The number of nitrogens with zero attached hydrogens (tertiary/aromatic N) is 1. The molecule has 0 aromatic carbocycles. The minimum atomic E-state index is -0.00585. The Kier molecular flexibility index (Phi) is 9.81. The Bertz CT molecular complexity index is 305. The van der Waals surface area contributed by atoms with E-state index in [0.29, 0.717) is 6.54 Å². The fraction of sp³-hybridized carbons (Fsp3) is 0.929. The van der Waals surface area contributed by atoms with Gasteiger partial charge < -0.3 is 15.4 Å². The summed E-state index contributed by atoms with van der Waals surface area (Å²) in [4.78, 5) is 14.5. The van der Waals surface area contributed by atoms with E-state index >= 15 is 0 Å². The second kappa shape index (κ2) is 9.85. The summed E-state index contributed by atoms with van der Waals surface area (Å²) in [5, 5.41) is 6.40. The predicted octanol–water partition coefficient (Wildman–Crippen LogP) is 1.20. The maximum atomic E-state index is 12.1. The van der Waals surface area contributed by atoms with Crippen LogP contribution in [0.1, 0.15) is 33.1 Å². The maximum Gasteiger partial charge on any atom is 0.237 e. The van der Waals surface area contributed by atoms with Crippen LogP contribution in [0.3, 0.4) is 0 Å². The highest BCUT2D eigenvalue weighted by Gasteiger charge is 2.29. The Morgan fingerprint density at radius 2 is 1.95 bits per heavy atom. The molecule has 0 saturated carbocycles. The largest absolute Gasteiger partial charge is 0.379 e. The standard InChI is InChI=1S/C14H27N3O2.2ClH/c1-14(2,17-7-9-19-10-8-17)11-16-13(18)12-5-3-4-6-15-12;;/h12,15H,3-11H2,1-2H3,(H,16,18);2*1H. The van der Waals surface area contributed by atoms with Crippen molar-refractivity contribution in [3.8, 4) is 0 Å². The third-order valence-corrected chi connectivity index (χ3v) is 4.19. The molecule has 2 aliphatic rings. The average Bonchev–Trinajstić information content (AvgIpc) is 2.47. The quantitative estimate of drug-likeness (QED) is 0.806. The number of hydrogen-bond donors (Lipinski definition) is 2. The van der Waals surface area contributed by atoms with Gasteiger partial charge in [0.15, 0.2) is 0 Å². The van der Waals surface area contributed by atoms with E-state index in [2.05, 4.69) is 29.4 Å². The Hall–Kier alpha value is -0.0700. The lowest BCUT2D eigenvalue weighted by molar-refractivity contribution is -0.124. The summed E-state index contributed by atoms with van der Waals surface area (Å²) in [7, 11) is 0. The van der Waals surface area contributed by atoms with Crippen LogP contribution < -0.4 is 10.6 Å². The molecule has 2 rings (SSSR count). The highest BCUT2D eigenvalue weighted by molar-refractivity contribution is 5.85. The zero-order chi connectivity index (χ0) is 13.7. The Balaban J connectivity index is 0.00000200. The second-order valence-corrected chi connectivity index (χ2v) is 6.13. The average molecular weight is 342 g/mol. The zero-order valence-electron chi connectivity index (χ0n) is 13.0. The molecule has 0 spiro atoms. The SMILES string of the molecule is CC(C)(CNC(=O)C1CCCCN1)N1CCOCC1.Cl.Cl. The third-order valence-electron chi connectivity index (χ3n) is 4.19. The molecule has 2 saturated heterocycles. The summed E-state index contributed by atoms with van der Waals surface area (Å²) < 4.78 is 5.38. The van der Waals surface area contributed by atoms with Crippen LogP contribution in [0.15, 0.2) is 0 Å². The van der Waals surface area contributed by atoms with Crippen LogP contribution in [0, 0.1) is 0 Å². The van der Waals surface area contributed by atoms with E-state index in [-0.39, 0.29) is 42.3 Å². The number of amides is 1. The molecule has 1 amide bonds. The van der Waals surface area contributed by atoms with Gasteiger partial charge in [0.25, 0.3) is 0 Å². The molecule has 1 unspecified atom stereocenters. The van der Waals surface area contributed by atoms with Gasteiger partial charge in [-0.15, -0.1) is 24.8 Å². The lowest BCUT2D eigenvalue weighted by Gasteiger charge is -2.41. The lowest BCUT2D eigenvalue weighted by Crippen LogP contribution is -2.57. The van der Waals surface area contributed by atoms with Gasteiger partial charge in [0, 0.05) is 25.2 Å². The molecule has 0 aromatic rings. The smallest absolute Gasteiger partial charge is 0.237 e. The van der Waals surface area contributed by atoms with E-state index in [0.717, 1.165) is 45.7 Å². The van der Waals surface area contributed by atoms with E-state index in [1.807, 2.05) is 0 Å². The fourth-order valence-electron chi connectivity index (χ4n) is 2.78. The first-order chi connectivity index (χ1) is 9.09. The van der Waals surface area contributed by atoms with Crippen molar-refractivity contribution in [1.82, 2.24) is 15.5 Å². The van der Waals surface area contributed by atoms with Gasteiger partial charge in [-0.2, -0.15) is 0 Å². The van der Waals surface area contributed by atoms with Gasteiger partial charge in [0.05, 0.1) is 19.3 Å². The highest BCUT2D eigenvalue weighted by Crippen LogP contribution is 2.15. The molecular weight excluding hydrogens is 313 g/mol. The fourth-order valence-corrected chi connectivity index (χ4v) is 2.78. The molecule has 2 N–H and O–H groups in total. The van der Waals surface area contributed by atoms with Gasteiger partial charge in [-0.3, -0.25) is 9.69 Å². The van der Waals surface area contributed by atoms with Gasteiger partial charge in [-0.1, -0.05) is 6.42 Å². The molecule has 0 radical (unpaired) electrons. The number of carbonyl (C=O) groups is 1. The van der Waals surface area contributed by atoms with Crippen molar-refractivity contribution in [1.29, 1.82) is 0 Å². The molecule has 2 aliphatic heterocycles. The summed E-state index contributed by atoms with van der Waals surface area (Å²) >= 11 is 0. The van der Waals surface area contributed by atoms with Crippen LogP contribution in [-0.4, -0.2) is 61.8 Å². The first kappa shape index (κ1) is 20.9. The summed E-state index contributed by atoms with van der Waals surface area (Å²) in [6, 6.07) is 0.00855. The normalized spacial score (nSPS) is 23.6. The molecule has 0 bridgehead atoms. The predicted molar refractivity (Wildman–Crippen MR) is 89.6 cm³/mol. The van der Waals surface area contributed by atoms with Gasteiger partial charge in [-0.05, 0) is 33.2 Å². The number of rotatable bonds is 4. The minimum absolute atomic E-state index is 0. The highest BCUT2D eigenvalue weighted by atomic mass is 35.5. The number of carbonyl (C=O) groups excluding carboxylic acids is 1. The summed E-state index contributed by atoms with van der Waals surface area (Å²) in [6.45, 7) is 9.52. The Morgan fingerprint density at radius 3 is 2.52 bits per heavy atom. The number of hydrogen-bond acceptors (Lipinski definition) is 4. The van der Waals surface area contributed by atoms with E-state index in [1.165, 1.54) is 6.42 Å². The van der Waals surface area contributed by atoms with Crippen molar-refractivity contribution in [3.05, 3.63) is 0 Å².